The highest BCUT2D eigenvalue weighted by atomic mass is 35.5. The van der Waals surface area contributed by atoms with Crippen LogP contribution in [0.15, 0.2) is 66.7 Å². The van der Waals surface area contributed by atoms with Crippen molar-refractivity contribution in [1.29, 1.82) is 0 Å². The van der Waals surface area contributed by atoms with Gasteiger partial charge in [-0.25, -0.2) is 4.68 Å². The number of amides is 1. The number of nitrogens with one attached hydrogen (secondary N) is 1. The van der Waals surface area contributed by atoms with Crippen molar-refractivity contribution in [2.45, 2.75) is 20.0 Å². The van der Waals surface area contributed by atoms with Crippen LogP contribution in [0, 0.1) is 6.92 Å². The first kappa shape index (κ1) is 23.3. The molecule has 0 spiro atoms. The van der Waals surface area contributed by atoms with Crippen molar-refractivity contribution in [3.8, 4) is 16.9 Å². The maximum absolute atomic E-state index is 13.1. The maximum Gasteiger partial charge on any atom is 0.272 e. The number of nitrogens with zero attached hydrogens (tertiary/aromatic N) is 2. The van der Waals surface area contributed by atoms with E-state index in [-0.39, 0.29) is 5.91 Å². The summed E-state index contributed by atoms with van der Waals surface area (Å²) in [7, 11) is 0. The molecule has 0 aliphatic rings. The number of nitrogens with two attached hydrogens (primary N) is 1. The fourth-order valence-corrected chi connectivity index (χ4v) is 4.16. The van der Waals surface area contributed by atoms with Gasteiger partial charge in [-0.1, -0.05) is 71.2 Å². The molecule has 0 saturated carbocycles. The van der Waals surface area contributed by atoms with Gasteiger partial charge in [0.2, 0.25) is 0 Å². The lowest BCUT2D eigenvalue weighted by Crippen LogP contribution is -2.24. The Balaban J connectivity index is 1.72. The second-order valence-electron chi connectivity index (χ2n) is 7.54. The summed E-state index contributed by atoms with van der Waals surface area (Å²) in [6.45, 7) is 2.71. The van der Waals surface area contributed by atoms with Gasteiger partial charge in [0.25, 0.3) is 5.91 Å². The molecule has 0 fully saturated rings. The SMILES string of the molecule is Cc1c(C(=O)NCc2ccc(CN)cc2)nn(-c2ccc(Cl)cc2Cl)c1-c1ccc(Cl)cc1. The largest absolute Gasteiger partial charge is 0.347 e. The van der Waals surface area contributed by atoms with Crippen LogP contribution in [0.2, 0.25) is 15.1 Å². The van der Waals surface area contributed by atoms with Gasteiger partial charge < -0.3 is 11.1 Å². The molecular weight excluding hydrogens is 479 g/mol. The van der Waals surface area contributed by atoms with Crippen LogP contribution in [0.5, 0.6) is 0 Å². The molecule has 8 heteroatoms. The standard InChI is InChI=1S/C25H21Cl3N4O/c1-15-23(25(33)30-14-17-4-2-16(13-29)3-5-17)31-32(22-11-10-20(27)12-21(22)28)24(15)18-6-8-19(26)9-7-18/h2-12H,13-14,29H2,1H3,(H,30,33). The number of hydrogen-bond donors (Lipinski definition) is 2. The van der Waals surface area contributed by atoms with Crippen molar-refractivity contribution >= 4 is 40.7 Å². The zero-order valence-electron chi connectivity index (χ0n) is 17.8. The van der Waals surface area contributed by atoms with Gasteiger partial charge in [0.1, 0.15) is 0 Å². The molecule has 3 aromatic carbocycles. The normalized spacial score (nSPS) is 10.9. The highest BCUT2D eigenvalue weighted by Gasteiger charge is 2.23. The first-order chi connectivity index (χ1) is 15.9. The Kier molecular flexibility index (Phi) is 7.05. The van der Waals surface area contributed by atoms with Crippen LogP contribution < -0.4 is 11.1 Å². The molecule has 1 amide bonds. The Bertz CT molecular complexity index is 1300. The molecule has 1 aromatic heterocycles. The predicted octanol–water partition coefficient (Wildman–Crippen LogP) is 6.20. The Labute approximate surface area is 207 Å². The smallest absolute Gasteiger partial charge is 0.272 e. The lowest BCUT2D eigenvalue weighted by molar-refractivity contribution is 0.0945. The first-order valence-corrected chi connectivity index (χ1v) is 11.4. The van der Waals surface area contributed by atoms with Crippen LogP contribution in [-0.2, 0) is 13.1 Å². The summed E-state index contributed by atoms with van der Waals surface area (Å²) in [5.74, 6) is -0.283. The van der Waals surface area contributed by atoms with E-state index in [4.69, 9.17) is 40.5 Å². The van der Waals surface area contributed by atoms with Gasteiger partial charge in [0, 0.05) is 34.3 Å². The van der Waals surface area contributed by atoms with Crippen molar-refractivity contribution in [1.82, 2.24) is 15.1 Å². The van der Waals surface area contributed by atoms with E-state index in [2.05, 4.69) is 10.4 Å². The second-order valence-corrected chi connectivity index (χ2v) is 8.82. The van der Waals surface area contributed by atoms with Crippen LogP contribution in [0.25, 0.3) is 16.9 Å². The highest BCUT2D eigenvalue weighted by Crippen LogP contribution is 2.33. The number of halogens is 3. The molecule has 0 radical (unpaired) electrons. The Morgan fingerprint density at radius 1 is 0.939 bits per heavy atom. The van der Waals surface area contributed by atoms with Crippen LogP contribution in [0.3, 0.4) is 0 Å². The van der Waals surface area contributed by atoms with E-state index in [1.165, 1.54) is 0 Å². The molecule has 0 aliphatic carbocycles. The van der Waals surface area contributed by atoms with E-state index in [1.807, 2.05) is 43.3 Å². The summed E-state index contributed by atoms with van der Waals surface area (Å²) in [6, 6.07) is 20.3. The van der Waals surface area contributed by atoms with E-state index >= 15 is 0 Å². The summed E-state index contributed by atoms with van der Waals surface area (Å²) < 4.78 is 1.67. The lowest BCUT2D eigenvalue weighted by Gasteiger charge is -2.11. The predicted molar refractivity (Wildman–Crippen MR) is 134 cm³/mol. The minimum Gasteiger partial charge on any atom is -0.347 e. The molecule has 1 heterocycles. The Morgan fingerprint density at radius 3 is 2.21 bits per heavy atom. The lowest BCUT2D eigenvalue weighted by atomic mass is 10.1. The number of hydrogen-bond acceptors (Lipinski definition) is 3. The summed E-state index contributed by atoms with van der Waals surface area (Å²) in [5, 5.41) is 9.14. The number of carbonyl (C=O) groups excluding carboxylic acids is 1. The number of aromatic nitrogens is 2. The molecule has 0 atom stereocenters. The third-order valence-electron chi connectivity index (χ3n) is 5.30. The van der Waals surface area contributed by atoms with Crippen molar-refractivity contribution in [3.63, 3.8) is 0 Å². The van der Waals surface area contributed by atoms with Crippen molar-refractivity contribution in [2.24, 2.45) is 5.73 Å². The molecule has 168 valence electrons. The topological polar surface area (TPSA) is 72.9 Å². The third-order valence-corrected chi connectivity index (χ3v) is 6.09. The minimum atomic E-state index is -0.283. The monoisotopic (exact) mass is 498 g/mol. The van der Waals surface area contributed by atoms with Gasteiger partial charge in [-0.2, -0.15) is 5.10 Å². The molecule has 33 heavy (non-hydrogen) atoms. The van der Waals surface area contributed by atoms with Crippen LogP contribution >= 0.6 is 34.8 Å². The van der Waals surface area contributed by atoms with Crippen molar-refractivity contribution in [3.05, 3.63) is 104 Å². The average Bonchev–Trinajstić information content (AvgIpc) is 3.15. The van der Waals surface area contributed by atoms with E-state index in [0.717, 1.165) is 27.9 Å². The van der Waals surface area contributed by atoms with Gasteiger partial charge in [-0.15, -0.1) is 0 Å². The van der Waals surface area contributed by atoms with E-state index in [0.29, 0.717) is 39.5 Å². The minimum absolute atomic E-state index is 0.283. The number of rotatable bonds is 6. The fraction of sp³-hybridized carbons (Fsp3) is 0.120. The average molecular weight is 500 g/mol. The van der Waals surface area contributed by atoms with Crippen molar-refractivity contribution in [2.75, 3.05) is 0 Å². The summed E-state index contributed by atoms with van der Waals surface area (Å²) in [5.41, 5.74) is 10.9. The second kappa shape index (κ2) is 9.98. The molecule has 0 unspecified atom stereocenters. The molecule has 4 rings (SSSR count). The number of benzene rings is 3. The molecule has 0 aliphatic heterocycles. The Morgan fingerprint density at radius 2 is 1.58 bits per heavy atom. The van der Waals surface area contributed by atoms with E-state index < -0.39 is 0 Å². The highest BCUT2D eigenvalue weighted by molar-refractivity contribution is 6.35. The van der Waals surface area contributed by atoms with Crippen LogP contribution in [-0.4, -0.2) is 15.7 Å². The number of carbonyl (C=O) groups is 1. The molecule has 5 nitrogen and oxygen atoms in total. The summed E-state index contributed by atoms with van der Waals surface area (Å²) >= 11 is 18.6. The van der Waals surface area contributed by atoms with Gasteiger partial charge in [-0.05, 0) is 48.4 Å². The van der Waals surface area contributed by atoms with E-state index in [9.17, 15) is 4.79 Å². The van der Waals surface area contributed by atoms with Gasteiger partial charge in [-0.3, -0.25) is 4.79 Å². The zero-order chi connectivity index (χ0) is 23.5. The van der Waals surface area contributed by atoms with Crippen molar-refractivity contribution < 1.29 is 4.79 Å². The molecule has 3 N–H and O–H groups in total. The molecule has 0 bridgehead atoms. The zero-order valence-corrected chi connectivity index (χ0v) is 20.0. The van der Waals surface area contributed by atoms with Crippen LogP contribution in [0.1, 0.15) is 27.2 Å². The summed E-state index contributed by atoms with van der Waals surface area (Å²) in [6.07, 6.45) is 0. The molecular formula is C25H21Cl3N4O. The van der Waals surface area contributed by atoms with Gasteiger partial charge in [0.15, 0.2) is 5.69 Å². The maximum atomic E-state index is 13.1. The van der Waals surface area contributed by atoms with Gasteiger partial charge >= 0.3 is 0 Å². The quantitative estimate of drug-likeness (QED) is 0.332. The Hall–Kier alpha value is -2.83. The van der Waals surface area contributed by atoms with E-state index in [1.54, 1.807) is 35.0 Å². The first-order valence-electron chi connectivity index (χ1n) is 10.2. The summed E-state index contributed by atoms with van der Waals surface area (Å²) in [4.78, 5) is 13.1. The fourth-order valence-electron chi connectivity index (χ4n) is 3.54. The molecule has 4 aromatic rings. The van der Waals surface area contributed by atoms with Crippen LogP contribution in [0.4, 0.5) is 0 Å². The molecule has 0 saturated heterocycles. The van der Waals surface area contributed by atoms with Gasteiger partial charge in [0.05, 0.1) is 16.4 Å². The third kappa shape index (κ3) is 5.07.